The maximum atomic E-state index is 4.25. The van der Waals surface area contributed by atoms with Crippen LogP contribution in [0.4, 0.5) is 0 Å². The minimum Gasteiger partial charge on any atom is -0.275 e. The van der Waals surface area contributed by atoms with Gasteiger partial charge in [-0.05, 0) is 22.0 Å². The highest BCUT2D eigenvalue weighted by Crippen LogP contribution is 2.20. The van der Waals surface area contributed by atoms with Crippen molar-refractivity contribution in [1.82, 2.24) is 9.78 Å². The Morgan fingerprint density at radius 1 is 1.64 bits per heavy atom. The number of fused-ring (bicyclic) bond motifs is 1. The molecule has 1 heterocycles. The molecule has 0 amide bonds. The van der Waals surface area contributed by atoms with Gasteiger partial charge in [-0.15, -0.1) is 0 Å². The van der Waals surface area contributed by atoms with Crippen LogP contribution in [0.1, 0.15) is 0 Å². The molecule has 0 atom stereocenters. The van der Waals surface area contributed by atoms with Crippen molar-refractivity contribution >= 4 is 26.8 Å². The molecule has 11 heavy (non-hydrogen) atoms. The highest BCUT2D eigenvalue weighted by Gasteiger charge is 2.00. The van der Waals surface area contributed by atoms with E-state index >= 15 is 0 Å². The second-order valence-corrected chi connectivity index (χ2v) is 3.19. The van der Waals surface area contributed by atoms with Gasteiger partial charge in [-0.1, -0.05) is 12.1 Å². The first kappa shape index (κ1) is 6.85. The highest BCUT2D eigenvalue weighted by atomic mass is 79.9. The van der Waals surface area contributed by atoms with Crippen molar-refractivity contribution in [3.05, 3.63) is 28.9 Å². The van der Waals surface area contributed by atoms with Crippen molar-refractivity contribution in [1.29, 1.82) is 0 Å². The van der Waals surface area contributed by atoms with E-state index in [0.29, 0.717) is 0 Å². The van der Waals surface area contributed by atoms with Gasteiger partial charge in [-0.3, -0.25) is 4.68 Å². The zero-order valence-corrected chi connectivity index (χ0v) is 7.59. The number of hydrogen-bond acceptors (Lipinski definition) is 1. The predicted molar refractivity (Wildman–Crippen MR) is 47.3 cm³/mol. The third-order valence-electron chi connectivity index (χ3n) is 1.54. The summed E-state index contributed by atoms with van der Waals surface area (Å²) in [5.41, 5.74) is 0.968. The number of aromatic nitrogens is 2. The van der Waals surface area contributed by atoms with Gasteiger partial charge in [0.25, 0.3) is 0 Å². The van der Waals surface area contributed by atoms with Crippen molar-refractivity contribution < 1.29 is 0 Å². The zero-order chi connectivity index (χ0) is 7.84. The van der Waals surface area contributed by atoms with Crippen LogP contribution in [-0.4, -0.2) is 9.78 Å². The summed E-state index contributed by atoms with van der Waals surface area (Å²) in [6, 6.07) is 6.90. The van der Waals surface area contributed by atoms with E-state index in [4.69, 9.17) is 0 Å². The van der Waals surface area contributed by atoms with E-state index in [2.05, 4.69) is 27.1 Å². The Kier molecular flexibility index (Phi) is 1.46. The molecule has 0 N–H and O–H groups in total. The van der Waals surface area contributed by atoms with Crippen LogP contribution < -0.4 is 0 Å². The van der Waals surface area contributed by atoms with Gasteiger partial charge in [0.05, 0.1) is 4.47 Å². The molecule has 2 aromatic rings. The molecule has 0 bridgehead atoms. The standard InChI is InChI=1S/C8H6BrN2/c1-11-5-6-3-2-4-7(9)8(6)10-11/h2-3,5H,1H3. The first-order valence-corrected chi connectivity index (χ1v) is 4.06. The molecular formula is C8H6BrN2. The second kappa shape index (κ2) is 2.34. The number of hydrogen-bond donors (Lipinski definition) is 0. The summed E-state index contributed by atoms with van der Waals surface area (Å²) < 4.78 is 2.72. The number of nitrogens with zero attached hydrogens (tertiary/aromatic N) is 2. The molecule has 1 radical (unpaired) electrons. The molecular weight excluding hydrogens is 204 g/mol. The van der Waals surface area contributed by atoms with Crippen LogP contribution >= 0.6 is 15.9 Å². The van der Waals surface area contributed by atoms with E-state index in [9.17, 15) is 0 Å². The van der Waals surface area contributed by atoms with Crippen molar-refractivity contribution in [3.8, 4) is 0 Å². The first-order chi connectivity index (χ1) is 5.27. The Morgan fingerprint density at radius 2 is 2.45 bits per heavy atom. The zero-order valence-electron chi connectivity index (χ0n) is 6.00. The maximum Gasteiger partial charge on any atom is 0.107 e. The van der Waals surface area contributed by atoms with Crippen molar-refractivity contribution in [2.75, 3.05) is 0 Å². The third-order valence-corrected chi connectivity index (χ3v) is 2.14. The molecule has 0 saturated heterocycles. The van der Waals surface area contributed by atoms with Crippen LogP contribution in [0.2, 0.25) is 0 Å². The minimum atomic E-state index is 0.926. The van der Waals surface area contributed by atoms with Crippen LogP contribution in [-0.2, 0) is 7.05 Å². The normalized spacial score (nSPS) is 10.7. The van der Waals surface area contributed by atoms with E-state index in [1.807, 2.05) is 25.4 Å². The van der Waals surface area contributed by atoms with Gasteiger partial charge < -0.3 is 0 Å². The third kappa shape index (κ3) is 1.05. The molecule has 0 spiro atoms. The lowest BCUT2D eigenvalue weighted by atomic mass is 10.3. The van der Waals surface area contributed by atoms with Gasteiger partial charge in [-0.25, -0.2) is 0 Å². The largest absolute Gasteiger partial charge is 0.275 e. The maximum absolute atomic E-state index is 4.25. The summed E-state index contributed by atoms with van der Waals surface area (Å²) in [5, 5.41) is 5.39. The predicted octanol–water partition coefficient (Wildman–Crippen LogP) is 2.14. The van der Waals surface area contributed by atoms with Gasteiger partial charge in [0.15, 0.2) is 0 Å². The summed E-state index contributed by atoms with van der Waals surface area (Å²) >= 11 is 3.38. The molecule has 0 aliphatic heterocycles. The Morgan fingerprint density at radius 3 is 3.18 bits per heavy atom. The smallest absolute Gasteiger partial charge is 0.107 e. The Hall–Kier alpha value is -0.830. The molecule has 1 aromatic heterocycles. The van der Waals surface area contributed by atoms with Gasteiger partial charge in [0.2, 0.25) is 0 Å². The van der Waals surface area contributed by atoms with Crippen LogP contribution in [0.15, 0.2) is 22.8 Å². The molecule has 0 aliphatic carbocycles. The Balaban J connectivity index is 2.90. The topological polar surface area (TPSA) is 17.8 Å². The summed E-state index contributed by atoms with van der Waals surface area (Å²) in [6.45, 7) is 0. The number of halogens is 1. The van der Waals surface area contributed by atoms with Gasteiger partial charge in [0, 0.05) is 18.6 Å². The monoisotopic (exact) mass is 209 g/mol. The van der Waals surface area contributed by atoms with E-state index in [0.717, 1.165) is 15.4 Å². The average Bonchev–Trinajstić information content (AvgIpc) is 2.31. The fourth-order valence-electron chi connectivity index (χ4n) is 1.07. The fraction of sp³-hybridized carbons (Fsp3) is 0.125. The van der Waals surface area contributed by atoms with Crippen LogP contribution in [0, 0.1) is 6.07 Å². The van der Waals surface area contributed by atoms with Crippen molar-refractivity contribution in [2.45, 2.75) is 0 Å². The lowest BCUT2D eigenvalue weighted by molar-refractivity contribution is 0.779. The SMILES string of the molecule is Cn1cc2cc[c]c(Br)c2n1. The lowest BCUT2D eigenvalue weighted by Crippen LogP contribution is -1.85. The van der Waals surface area contributed by atoms with Gasteiger partial charge >= 0.3 is 0 Å². The molecule has 3 heteroatoms. The Labute approximate surface area is 73.0 Å². The molecule has 0 saturated carbocycles. The molecule has 0 unspecified atom stereocenters. The number of aryl methyl sites for hydroxylation is 1. The van der Waals surface area contributed by atoms with Crippen molar-refractivity contribution in [2.24, 2.45) is 7.05 Å². The highest BCUT2D eigenvalue weighted by molar-refractivity contribution is 9.10. The molecule has 2 nitrogen and oxygen atoms in total. The summed E-state index contributed by atoms with van der Waals surface area (Å²) in [7, 11) is 1.91. The van der Waals surface area contributed by atoms with Gasteiger partial charge in [-0.2, -0.15) is 5.10 Å². The average molecular weight is 210 g/mol. The van der Waals surface area contributed by atoms with Gasteiger partial charge in [0.1, 0.15) is 5.52 Å². The lowest BCUT2D eigenvalue weighted by Gasteiger charge is -1.87. The molecule has 55 valence electrons. The molecule has 1 aromatic carbocycles. The second-order valence-electron chi connectivity index (χ2n) is 2.40. The molecule has 2 rings (SSSR count). The van der Waals surface area contributed by atoms with E-state index in [1.54, 1.807) is 4.68 Å². The van der Waals surface area contributed by atoms with Crippen LogP contribution in [0.25, 0.3) is 10.9 Å². The fourth-order valence-corrected chi connectivity index (χ4v) is 1.51. The Bertz CT molecular complexity index is 392. The van der Waals surface area contributed by atoms with E-state index < -0.39 is 0 Å². The molecule has 0 fully saturated rings. The number of rotatable bonds is 0. The quantitative estimate of drug-likeness (QED) is 0.651. The van der Waals surface area contributed by atoms with E-state index in [1.165, 1.54) is 0 Å². The summed E-state index contributed by atoms with van der Waals surface area (Å²) in [4.78, 5) is 0. The summed E-state index contributed by atoms with van der Waals surface area (Å²) in [5.74, 6) is 0. The van der Waals surface area contributed by atoms with Crippen LogP contribution in [0.3, 0.4) is 0 Å². The van der Waals surface area contributed by atoms with Crippen molar-refractivity contribution in [3.63, 3.8) is 0 Å². The first-order valence-electron chi connectivity index (χ1n) is 3.27. The minimum absolute atomic E-state index is 0.926. The molecule has 0 aliphatic rings. The van der Waals surface area contributed by atoms with E-state index in [-0.39, 0.29) is 0 Å². The van der Waals surface area contributed by atoms with Crippen LogP contribution in [0.5, 0.6) is 0 Å². The number of benzene rings is 1. The summed E-state index contributed by atoms with van der Waals surface area (Å²) in [6.07, 6.45) is 1.98.